The lowest BCUT2D eigenvalue weighted by molar-refractivity contribution is 0.225. The van der Waals surface area contributed by atoms with Crippen LogP contribution >= 0.6 is 0 Å². The fourth-order valence-electron chi connectivity index (χ4n) is 2.55. The van der Waals surface area contributed by atoms with E-state index in [4.69, 9.17) is 9.47 Å². The van der Waals surface area contributed by atoms with Gasteiger partial charge in [0.25, 0.3) is 0 Å². The maximum absolute atomic E-state index is 10.0. The van der Waals surface area contributed by atoms with Gasteiger partial charge in [0.05, 0.1) is 6.10 Å². The smallest absolute Gasteiger partial charge is 0.162 e. The Bertz CT molecular complexity index is 829. The van der Waals surface area contributed by atoms with Gasteiger partial charge in [-0.05, 0) is 28.8 Å². The van der Waals surface area contributed by atoms with E-state index < -0.39 is 6.10 Å². The van der Waals surface area contributed by atoms with Gasteiger partial charge in [-0.25, -0.2) is 0 Å². The normalized spacial score (nSPS) is 11.6. The van der Waals surface area contributed by atoms with Gasteiger partial charge in [0.15, 0.2) is 11.5 Å². The van der Waals surface area contributed by atoms with Gasteiger partial charge < -0.3 is 14.6 Å². The highest BCUT2D eigenvalue weighted by Gasteiger charge is 2.11. The van der Waals surface area contributed by atoms with E-state index in [0.29, 0.717) is 24.7 Å². The maximum Gasteiger partial charge on any atom is 0.162 e. The summed E-state index contributed by atoms with van der Waals surface area (Å²) in [4.78, 5) is 0. The van der Waals surface area contributed by atoms with Crippen LogP contribution in [0.25, 0.3) is 0 Å². The lowest BCUT2D eigenvalue weighted by Crippen LogP contribution is -2.02. The average molecular weight is 346 g/mol. The molecule has 1 unspecified atom stereocenters. The summed E-state index contributed by atoms with van der Waals surface area (Å²) in [6.07, 6.45) is 0.748. The third-order valence-corrected chi connectivity index (χ3v) is 4.01. The Balaban J connectivity index is 1.78. The zero-order valence-electron chi connectivity index (χ0n) is 14.5. The van der Waals surface area contributed by atoms with E-state index in [1.54, 1.807) is 6.07 Å². The average Bonchev–Trinajstić information content (AvgIpc) is 2.72. The van der Waals surface area contributed by atoms with Gasteiger partial charge in [0.2, 0.25) is 0 Å². The molecule has 0 spiro atoms. The Morgan fingerprint density at radius 1 is 0.769 bits per heavy atom. The lowest BCUT2D eigenvalue weighted by atomic mass is 10.1. The second-order valence-electron chi connectivity index (χ2n) is 5.94. The third kappa shape index (κ3) is 4.74. The largest absolute Gasteiger partial charge is 0.485 e. The molecule has 3 nitrogen and oxygen atoms in total. The van der Waals surface area contributed by atoms with Crippen LogP contribution in [0.15, 0.2) is 91.5 Å². The molecular formula is C23H22O3. The Morgan fingerprint density at radius 2 is 1.31 bits per heavy atom. The van der Waals surface area contributed by atoms with Gasteiger partial charge >= 0.3 is 0 Å². The van der Waals surface area contributed by atoms with Crippen LogP contribution in [0.3, 0.4) is 0 Å². The van der Waals surface area contributed by atoms with Crippen LogP contribution in [0.2, 0.25) is 0 Å². The van der Waals surface area contributed by atoms with Gasteiger partial charge in [-0.3, -0.25) is 0 Å². The highest BCUT2D eigenvalue weighted by atomic mass is 16.5. The molecular weight excluding hydrogens is 324 g/mol. The molecule has 0 saturated carbocycles. The predicted molar refractivity (Wildman–Crippen MR) is 103 cm³/mol. The molecule has 3 rings (SSSR count). The quantitative estimate of drug-likeness (QED) is 0.579. The van der Waals surface area contributed by atoms with E-state index in [9.17, 15) is 5.11 Å². The topological polar surface area (TPSA) is 38.7 Å². The van der Waals surface area contributed by atoms with E-state index >= 15 is 0 Å². The van der Waals surface area contributed by atoms with E-state index in [0.717, 1.165) is 16.7 Å². The molecule has 0 saturated heterocycles. The highest BCUT2D eigenvalue weighted by molar-refractivity contribution is 5.44. The summed E-state index contributed by atoms with van der Waals surface area (Å²) in [5.74, 6) is 1.24. The molecule has 0 bridgehead atoms. The van der Waals surface area contributed by atoms with Crippen LogP contribution in [-0.2, 0) is 13.2 Å². The number of ether oxygens (including phenoxy) is 2. The van der Waals surface area contributed by atoms with Crippen LogP contribution < -0.4 is 9.47 Å². The molecule has 0 radical (unpaired) electrons. The maximum atomic E-state index is 10.0. The van der Waals surface area contributed by atoms with Gasteiger partial charge in [-0.15, -0.1) is 6.58 Å². The molecule has 0 fully saturated rings. The molecule has 0 aromatic heterocycles. The molecule has 132 valence electrons. The van der Waals surface area contributed by atoms with E-state index in [-0.39, 0.29) is 0 Å². The first-order chi connectivity index (χ1) is 12.8. The summed E-state index contributed by atoms with van der Waals surface area (Å²) >= 11 is 0. The van der Waals surface area contributed by atoms with Crippen molar-refractivity contribution in [3.63, 3.8) is 0 Å². The minimum atomic E-state index is -0.739. The number of rotatable bonds is 8. The van der Waals surface area contributed by atoms with E-state index in [1.807, 2.05) is 72.8 Å². The number of hydrogen-bond donors (Lipinski definition) is 1. The van der Waals surface area contributed by atoms with Crippen molar-refractivity contribution in [2.75, 3.05) is 0 Å². The lowest BCUT2D eigenvalue weighted by Gasteiger charge is -2.15. The summed E-state index contributed by atoms with van der Waals surface area (Å²) in [7, 11) is 0. The summed E-state index contributed by atoms with van der Waals surface area (Å²) in [6, 6.07) is 25.3. The van der Waals surface area contributed by atoms with E-state index in [2.05, 4.69) is 6.58 Å². The summed E-state index contributed by atoms with van der Waals surface area (Å²) in [5, 5.41) is 10.0. The minimum absolute atomic E-state index is 0.427. The fourth-order valence-corrected chi connectivity index (χ4v) is 2.55. The summed E-state index contributed by atoms with van der Waals surface area (Å²) in [5.41, 5.74) is 2.86. The Hall–Kier alpha value is -3.04. The molecule has 0 heterocycles. The molecule has 0 aliphatic rings. The molecule has 0 aliphatic heterocycles. The second kappa shape index (κ2) is 8.88. The first-order valence-corrected chi connectivity index (χ1v) is 8.54. The summed E-state index contributed by atoms with van der Waals surface area (Å²) < 4.78 is 11.9. The van der Waals surface area contributed by atoms with Crippen molar-refractivity contribution in [1.82, 2.24) is 0 Å². The number of aliphatic hydroxyl groups is 1. The first-order valence-electron chi connectivity index (χ1n) is 8.54. The van der Waals surface area contributed by atoms with Gasteiger partial charge in [-0.2, -0.15) is 0 Å². The zero-order valence-corrected chi connectivity index (χ0v) is 14.5. The molecule has 1 N–H and O–H groups in total. The first kappa shape index (κ1) is 17.8. The van der Waals surface area contributed by atoms with Crippen molar-refractivity contribution in [1.29, 1.82) is 0 Å². The number of hydrogen-bond acceptors (Lipinski definition) is 3. The monoisotopic (exact) mass is 346 g/mol. The Kier molecular flexibility index (Phi) is 6.07. The molecule has 0 amide bonds. The minimum Gasteiger partial charge on any atom is -0.485 e. The summed E-state index contributed by atoms with van der Waals surface area (Å²) in [6.45, 7) is 4.51. The zero-order chi connectivity index (χ0) is 18.2. The van der Waals surface area contributed by atoms with E-state index in [1.165, 1.54) is 6.08 Å². The van der Waals surface area contributed by atoms with Crippen LogP contribution in [0.5, 0.6) is 11.5 Å². The predicted octanol–water partition coefficient (Wildman–Crippen LogP) is 5.06. The second-order valence-corrected chi connectivity index (χ2v) is 5.94. The van der Waals surface area contributed by atoms with Crippen molar-refractivity contribution in [3.05, 3.63) is 108 Å². The fraction of sp³-hybridized carbons (Fsp3) is 0.130. The Labute approximate surface area is 154 Å². The van der Waals surface area contributed by atoms with Crippen LogP contribution in [0.1, 0.15) is 22.8 Å². The van der Waals surface area contributed by atoms with Crippen molar-refractivity contribution in [2.24, 2.45) is 0 Å². The number of benzene rings is 3. The molecule has 1 atom stereocenters. The van der Waals surface area contributed by atoms with Crippen LogP contribution in [0, 0.1) is 0 Å². The third-order valence-electron chi connectivity index (χ3n) is 4.01. The standard InChI is InChI=1S/C23H22O3/c1-2-21(24)20-13-14-22(25-16-18-9-5-3-6-10-18)23(15-20)26-17-19-11-7-4-8-12-19/h2-15,21,24H,1,16-17H2. The van der Waals surface area contributed by atoms with Crippen molar-refractivity contribution >= 4 is 0 Å². The molecule has 3 aromatic carbocycles. The van der Waals surface area contributed by atoms with Gasteiger partial charge in [0, 0.05) is 0 Å². The Morgan fingerprint density at radius 3 is 1.85 bits per heavy atom. The highest BCUT2D eigenvalue weighted by Crippen LogP contribution is 2.32. The molecule has 3 heteroatoms. The van der Waals surface area contributed by atoms with Gasteiger partial charge in [0.1, 0.15) is 13.2 Å². The molecule has 3 aromatic rings. The van der Waals surface area contributed by atoms with Crippen molar-refractivity contribution in [2.45, 2.75) is 19.3 Å². The molecule has 0 aliphatic carbocycles. The number of aliphatic hydroxyl groups excluding tert-OH is 1. The SMILES string of the molecule is C=CC(O)c1ccc(OCc2ccccc2)c(OCc2ccccc2)c1. The molecule has 26 heavy (non-hydrogen) atoms. The van der Waals surface area contributed by atoms with Crippen molar-refractivity contribution < 1.29 is 14.6 Å². The van der Waals surface area contributed by atoms with Crippen molar-refractivity contribution in [3.8, 4) is 11.5 Å². The van der Waals surface area contributed by atoms with Gasteiger partial charge in [-0.1, -0.05) is 72.8 Å². The van der Waals surface area contributed by atoms with Crippen LogP contribution in [-0.4, -0.2) is 5.11 Å². The van der Waals surface area contributed by atoms with Crippen LogP contribution in [0.4, 0.5) is 0 Å².